The smallest absolute Gasteiger partial charge is 0.407 e. The fourth-order valence-corrected chi connectivity index (χ4v) is 11.8. The number of aryl methyl sites for hydroxylation is 3. The molecule has 12 rings (SSSR count). The van der Waals surface area contributed by atoms with Gasteiger partial charge in [0.05, 0.1) is 50.1 Å². The number of carbonyl (C=O) groups is 4. The summed E-state index contributed by atoms with van der Waals surface area (Å²) >= 11 is 3.27. The lowest BCUT2D eigenvalue weighted by molar-refractivity contribution is -0.135. The molecule has 2 aliphatic heterocycles. The van der Waals surface area contributed by atoms with Crippen molar-refractivity contribution < 1.29 is 28.7 Å². The van der Waals surface area contributed by atoms with E-state index >= 15 is 0 Å². The van der Waals surface area contributed by atoms with Crippen LogP contribution in [-0.4, -0.2) is 117 Å². The van der Waals surface area contributed by atoms with E-state index in [1.54, 1.807) is 23.5 Å². The van der Waals surface area contributed by atoms with Crippen LogP contribution in [0.4, 0.5) is 9.59 Å². The highest BCUT2D eigenvalue weighted by molar-refractivity contribution is 7.98. The summed E-state index contributed by atoms with van der Waals surface area (Å²) in [7, 11) is 2.63. The minimum absolute atomic E-state index is 0.109. The van der Waals surface area contributed by atoms with Crippen molar-refractivity contribution in [2.24, 2.45) is 0 Å². The van der Waals surface area contributed by atoms with E-state index in [0.717, 1.165) is 97.0 Å². The quantitative estimate of drug-likeness (QED) is 0.0730. The molecule has 2 saturated heterocycles. The molecule has 4 bridgehead atoms. The number of nitrogens with zero attached hydrogens (tertiary/aromatic N) is 4. The summed E-state index contributed by atoms with van der Waals surface area (Å²) in [6.07, 6.45) is 14.6. The van der Waals surface area contributed by atoms with Crippen molar-refractivity contribution in [3.05, 3.63) is 131 Å². The first-order chi connectivity index (χ1) is 36.0. The third kappa shape index (κ3) is 11.9. The van der Waals surface area contributed by atoms with Crippen molar-refractivity contribution in [1.82, 2.24) is 40.4 Å². The van der Waals surface area contributed by atoms with Crippen molar-refractivity contribution >= 4 is 47.5 Å². The van der Waals surface area contributed by atoms with Crippen LogP contribution in [-0.2, 0) is 38.3 Å². The Bertz CT molecular complexity index is 2920. The molecule has 0 saturated carbocycles. The summed E-state index contributed by atoms with van der Waals surface area (Å²) in [6.45, 7) is 3.55. The van der Waals surface area contributed by atoms with Gasteiger partial charge in [-0.15, -0.1) is 0 Å². The zero-order chi connectivity index (χ0) is 51.7. The highest BCUT2D eigenvalue weighted by Gasteiger charge is 2.38. The van der Waals surface area contributed by atoms with Gasteiger partial charge in [-0.05, 0) is 150 Å². The number of ether oxygens (including phenoxy) is 2. The molecular formula is C58H68N8O6S2. The van der Waals surface area contributed by atoms with Gasteiger partial charge in [-0.25, -0.2) is 19.6 Å². The van der Waals surface area contributed by atoms with Crippen LogP contribution in [0.3, 0.4) is 0 Å². The fraction of sp³-hybridized carbons (Fsp3) is 0.414. The van der Waals surface area contributed by atoms with Gasteiger partial charge in [0.2, 0.25) is 11.8 Å². The van der Waals surface area contributed by atoms with Gasteiger partial charge in [-0.1, -0.05) is 91.9 Å². The first-order valence-corrected chi connectivity index (χ1v) is 28.7. The average molecular weight is 1040 g/mol. The Kier molecular flexibility index (Phi) is 17.1. The summed E-state index contributed by atoms with van der Waals surface area (Å²) in [4.78, 5) is 72.2. The molecule has 2 aromatic heterocycles. The average Bonchev–Trinajstić information content (AvgIpc) is 4.30. The number of hydrogen-bond donors (Lipinski definition) is 4. The molecule has 16 heteroatoms. The van der Waals surface area contributed by atoms with Crippen molar-refractivity contribution in [2.75, 3.05) is 51.3 Å². The molecule has 388 valence electrons. The number of rotatable bonds is 16. The van der Waals surface area contributed by atoms with E-state index in [4.69, 9.17) is 19.4 Å². The zero-order valence-electron chi connectivity index (χ0n) is 43.1. The zero-order valence-corrected chi connectivity index (χ0v) is 44.7. The number of aromatic amines is 2. The second-order valence-electron chi connectivity index (χ2n) is 19.7. The summed E-state index contributed by atoms with van der Waals surface area (Å²) in [5.74, 6) is 3.10. The Hall–Kier alpha value is -6.52. The molecular weight excluding hydrogens is 969 g/mol. The van der Waals surface area contributed by atoms with Gasteiger partial charge in [0.1, 0.15) is 23.7 Å². The number of nitrogens with one attached hydrogen (secondary N) is 4. The first kappa shape index (κ1) is 52.3. The summed E-state index contributed by atoms with van der Waals surface area (Å²) in [6, 6.07) is 29.8. The van der Waals surface area contributed by atoms with E-state index in [-0.39, 0.29) is 23.9 Å². The van der Waals surface area contributed by atoms with Crippen LogP contribution >= 0.6 is 23.5 Å². The number of aromatic nitrogens is 4. The number of carbonyl (C=O) groups excluding carboxylic acids is 4. The predicted octanol–water partition coefficient (Wildman–Crippen LogP) is 10.9. The molecule has 74 heavy (non-hydrogen) atoms. The van der Waals surface area contributed by atoms with E-state index in [1.165, 1.54) is 58.7 Å². The van der Waals surface area contributed by atoms with Crippen LogP contribution in [0.2, 0.25) is 0 Å². The van der Waals surface area contributed by atoms with Crippen LogP contribution in [0.5, 0.6) is 0 Å². The minimum Gasteiger partial charge on any atom is -0.453 e. The van der Waals surface area contributed by atoms with Crippen molar-refractivity contribution in [1.29, 1.82) is 0 Å². The maximum Gasteiger partial charge on any atom is 0.407 e. The highest BCUT2D eigenvalue weighted by Crippen LogP contribution is 2.38. The maximum absolute atomic E-state index is 13.8. The Labute approximate surface area is 443 Å². The second-order valence-corrected chi connectivity index (χ2v) is 21.7. The Balaban J connectivity index is 0.887. The van der Waals surface area contributed by atoms with Crippen LogP contribution in [0.15, 0.2) is 97.3 Å². The number of imidazole rings is 2. The van der Waals surface area contributed by atoms with E-state index in [1.807, 2.05) is 34.7 Å². The minimum atomic E-state index is -0.658. The number of likely N-dealkylation sites (tertiary alicyclic amines) is 2. The Morgan fingerprint density at radius 3 is 1.59 bits per heavy atom. The predicted molar refractivity (Wildman–Crippen MR) is 295 cm³/mol. The number of H-pyrrole nitrogens is 2. The SMILES string of the molecule is COC(=O)N[C@@H](CCSC)C(=O)N1CCC[C@H]1c1ncc(-c2ccc(-c3cc4ccc3CCc3ccc(c(-c5ccc(-c6cnc([C@@H]7CCCN7C(=O)[C@H](CCSC)NC(=O)OC)[nH]6)cc5)c3)CC[C@H]4C)cc2)[nH]1. The topological polar surface area (TPSA) is 175 Å². The number of benzene rings is 4. The molecule has 4 aliphatic carbocycles. The summed E-state index contributed by atoms with van der Waals surface area (Å²) < 4.78 is 9.67. The number of amides is 4. The lowest BCUT2D eigenvalue weighted by Gasteiger charge is -2.28. The number of thioether (sulfide) groups is 2. The summed E-state index contributed by atoms with van der Waals surface area (Å²) in [5.41, 5.74) is 14.0. The van der Waals surface area contributed by atoms with Gasteiger partial charge in [0, 0.05) is 13.1 Å². The fourth-order valence-electron chi connectivity index (χ4n) is 10.9. The molecule has 5 atom stereocenters. The third-order valence-corrected chi connectivity index (χ3v) is 16.4. The number of methoxy groups -OCH3 is 2. The Morgan fingerprint density at radius 2 is 1.09 bits per heavy atom. The molecule has 0 radical (unpaired) electrons. The largest absolute Gasteiger partial charge is 0.453 e. The molecule has 6 aromatic rings. The molecule has 2 fully saturated rings. The second kappa shape index (κ2) is 24.2. The van der Waals surface area contributed by atoms with Crippen LogP contribution in [0.25, 0.3) is 44.8 Å². The highest BCUT2D eigenvalue weighted by atomic mass is 32.2. The van der Waals surface area contributed by atoms with E-state index in [9.17, 15) is 19.2 Å². The standard InChI is InChI=1S/C58H68N8O6S2/c1-36-10-13-38-14-11-37(32-45(38)40-16-21-42(22-17-40)49-34-59-53(61-49)51-8-6-28-65(51)55(67)47(26-30-73-4)63-57(69)71-2)12-15-39-20-25-44(36)33-46(39)41-18-23-43(24-19-41)50-35-60-54(62-50)52-9-7-29-66(52)56(68)48(27-31-74-5)64-58(70)72-3/h11,14,16-25,32-36,47-48,51-52H,6-10,12-13,15,26-31H2,1-5H3,(H,59,61)(H,60,62)(H,63,69)(H,64,70)/t36-,47+,48+,51+,52+/m1/s1. The van der Waals surface area contributed by atoms with Crippen LogP contribution < -0.4 is 10.6 Å². The lowest BCUT2D eigenvalue weighted by atomic mass is 9.88. The normalized spacial score (nSPS) is 18.3. The molecule has 0 unspecified atom stereocenters. The molecule has 14 nitrogen and oxygen atoms in total. The van der Waals surface area contributed by atoms with E-state index in [2.05, 4.69) is 112 Å². The molecule has 0 spiro atoms. The van der Waals surface area contributed by atoms with E-state index < -0.39 is 24.3 Å². The summed E-state index contributed by atoms with van der Waals surface area (Å²) in [5, 5.41) is 5.51. The van der Waals surface area contributed by atoms with E-state index in [0.29, 0.717) is 31.8 Å². The Morgan fingerprint density at radius 1 is 0.622 bits per heavy atom. The van der Waals surface area contributed by atoms with Gasteiger partial charge < -0.3 is 39.9 Å². The molecule has 4 amide bonds. The van der Waals surface area contributed by atoms with Gasteiger partial charge in [0.25, 0.3) is 0 Å². The van der Waals surface area contributed by atoms with Crippen LogP contribution in [0, 0.1) is 0 Å². The third-order valence-electron chi connectivity index (χ3n) is 15.1. The van der Waals surface area contributed by atoms with Gasteiger partial charge >= 0.3 is 12.2 Å². The molecule has 4 N–H and O–H groups in total. The van der Waals surface area contributed by atoms with Crippen molar-refractivity contribution in [3.63, 3.8) is 0 Å². The lowest BCUT2D eigenvalue weighted by Crippen LogP contribution is -2.48. The van der Waals surface area contributed by atoms with Gasteiger partial charge in [0.15, 0.2) is 0 Å². The van der Waals surface area contributed by atoms with Crippen molar-refractivity contribution in [2.45, 2.75) is 101 Å². The first-order valence-electron chi connectivity index (χ1n) is 25.9. The van der Waals surface area contributed by atoms with Gasteiger partial charge in [-0.3, -0.25) is 9.59 Å². The van der Waals surface area contributed by atoms with Gasteiger partial charge in [-0.2, -0.15) is 23.5 Å². The molecule has 6 aliphatic rings. The molecule has 4 aromatic carbocycles. The monoisotopic (exact) mass is 1040 g/mol. The maximum atomic E-state index is 13.8. The van der Waals surface area contributed by atoms with Crippen molar-refractivity contribution in [3.8, 4) is 44.8 Å². The number of hydrogen-bond acceptors (Lipinski definition) is 10. The molecule has 4 heterocycles. The number of alkyl carbamates (subject to hydrolysis) is 2. The van der Waals surface area contributed by atoms with Crippen LogP contribution in [0.1, 0.15) is 104 Å².